The number of halogens is 1. The predicted octanol–water partition coefficient (Wildman–Crippen LogP) is 2.35. The molecule has 0 aliphatic heterocycles. The Morgan fingerprint density at radius 1 is 1.29 bits per heavy atom. The summed E-state index contributed by atoms with van der Waals surface area (Å²) in [6, 6.07) is 6.20. The van der Waals surface area contributed by atoms with E-state index in [0.717, 1.165) is 0 Å². The van der Waals surface area contributed by atoms with E-state index >= 15 is 0 Å². The molecule has 0 aliphatic carbocycles. The minimum absolute atomic E-state index is 0.0825. The van der Waals surface area contributed by atoms with Crippen LogP contribution in [-0.4, -0.2) is 28.3 Å². The lowest BCUT2D eigenvalue weighted by atomic mass is 10.1. The third kappa shape index (κ3) is 3.46. The first-order valence-corrected chi connectivity index (χ1v) is 5.52. The number of ketones is 1. The molecular weight excluding hydrogens is 244 g/mol. The summed E-state index contributed by atoms with van der Waals surface area (Å²) < 4.78 is 5.29. The number of ether oxygens (including phenoxy) is 1. The Hall–Kier alpha value is -1.55. The molecule has 0 aromatic heterocycles. The minimum atomic E-state index is -1.31. The zero-order valence-electron chi connectivity index (χ0n) is 9.57. The maximum Gasteiger partial charge on any atom is 0.347 e. The lowest BCUT2D eigenvalue weighted by Gasteiger charge is -2.21. The number of alkyl halides is 1. The molecule has 0 spiro atoms. The van der Waals surface area contributed by atoms with Gasteiger partial charge in [-0.3, -0.25) is 4.79 Å². The Morgan fingerprint density at radius 2 is 1.82 bits per heavy atom. The number of rotatable bonds is 5. The molecule has 17 heavy (non-hydrogen) atoms. The first kappa shape index (κ1) is 13.5. The smallest absolute Gasteiger partial charge is 0.347 e. The minimum Gasteiger partial charge on any atom is -0.478 e. The van der Waals surface area contributed by atoms with Crippen molar-refractivity contribution in [3.05, 3.63) is 29.8 Å². The molecule has 0 amide bonds. The molecule has 92 valence electrons. The Balaban J connectivity index is 2.82. The van der Waals surface area contributed by atoms with Crippen LogP contribution >= 0.6 is 11.6 Å². The van der Waals surface area contributed by atoms with E-state index in [2.05, 4.69) is 0 Å². The van der Waals surface area contributed by atoms with E-state index in [9.17, 15) is 9.59 Å². The summed E-state index contributed by atoms with van der Waals surface area (Å²) >= 11 is 5.42. The Bertz CT molecular complexity index is 423. The fraction of sp³-hybridized carbons (Fsp3) is 0.333. The summed E-state index contributed by atoms with van der Waals surface area (Å²) in [4.78, 5) is 22.1. The number of carbonyl (C=O) groups is 2. The van der Waals surface area contributed by atoms with Gasteiger partial charge >= 0.3 is 5.97 Å². The van der Waals surface area contributed by atoms with Crippen LogP contribution in [0.2, 0.25) is 0 Å². The molecule has 1 rings (SSSR count). The molecular formula is C12H13ClO4. The van der Waals surface area contributed by atoms with Crippen LogP contribution in [-0.2, 0) is 4.79 Å². The topological polar surface area (TPSA) is 63.6 Å². The van der Waals surface area contributed by atoms with Crippen LogP contribution in [0.25, 0.3) is 0 Å². The summed E-state index contributed by atoms with van der Waals surface area (Å²) in [6.45, 7) is 2.90. The van der Waals surface area contributed by atoms with Gasteiger partial charge in [0.2, 0.25) is 0 Å². The summed E-state index contributed by atoms with van der Waals surface area (Å²) in [5, 5.41) is 8.89. The zero-order chi connectivity index (χ0) is 13.1. The molecule has 0 unspecified atom stereocenters. The fourth-order valence-electron chi connectivity index (χ4n) is 1.12. The molecule has 0 saturated heterocycles. The van der Waals surface area contributed by atoms with Crippen LogP contribution < -0.4 is 4.74 Å². The highest BCUT2D eigenvalue weighted by molar-refractivity contribution is 6.30. The van der Waals surface area contributed by atoms with E-state index in [-0.39, 0.29) is 11.7 Å². The van der Waals surface area contributed by atoms with Gasteiger partial charge in [-0.25, -0.2) is 4.79 Å². The van der Waals surface area contributed by atoms with Crippen molar-refractivity contribution in [2.75, 3.05) is 5.88 Å². The summed E-state index contributed by atoms with van der Waals surface area (Å²) in [5.41, 5.74) is -0.835. The van der Waals surface area contributed by atoms with Crippen molar-refractivity contribution in [1.82, 2.24) is 0 Å². The molecule has 1 aromatic rings. The first-order chi connectivity index (χ1) is 7.86. The van der Waals surface area contributed by atoms with Crippen molar-refractivity contribution in [3.63, 3.8) is 0 Å². The van der Waals surface area contributed by atoms with Gasteiger partial charge in [0.1, 0.15) is 5.75 Å². The summed E-state index contributed by atoms with van der Waals surface area (Å²) in [7, 11) is 0. The van der Waals surface area contributed by atoms with E-state index < -0.39 is 11.6 Å². The largest absolute Gasteiger partial charge is 0.478 e. The van der Waals surface area contributed by atoms with Gasteiger partial charge in [-0.05, 0) is 38.1 Å². The average Bonchev–Trinajstić information content (AvgIpc) is 2.28. The molecule has 1 aromatic carbocycles. The van der Waals surface area contributed by atoms with Crippen LogP contribution in [0.4, 0.5) is 0 Å². The molecule has 0 heterocycles. The van der Waals surface area contributed by atoms with Crippen molar-refractivity contribution in [1.29, 1.82) is 0 Å². The van der Waals surface area contributed by atoms with Gasteiger partial charge in [0, 0.05) is 5.56 Å². The Morgan fingerprint density at radius 3 is 2.24 bits per heavy atom. The first-order valence-electron chi connectivity index (χ1n) is 4.98. The van der Waals surface area contributed by atoms with E-state index in [1.807, 2.05) is 0 Å². The van der Waals surface area contributed by atoms with Crippen molar-refractivity contribution in [2.24, 2.45) is 0 Å². The normalized spacial score (nSPS) is 11.0. The molecule has 0 bridgehead atoms. The number of benzene rings is 1. The number of hydrogen-bond donors (Lipinski definition) is 1. The highest BCUT2D eigenvalue weighted by Crippen LogP contribution is 2.19. The molecule has 5 heteroatoms. The second-order valence-electron chi connectivity index (χ2n) is 4.00. The zero-order valence-corrected chi connectivity index (χ0v) is 10.3. The lowest BCUT2D eigenvalue weighted by molar-refractivity contribution is -0.152. The molecule has 0 fully saturated rings. The van der Waals surface area contributed by atoms with Crippen molar-refractivity contribution < 1.29 is 19.4 Å². The van der Waals surface area contributed by atoms with Crippen LogP contribution in [0.1, 0.15) is 24.2 Å². The number of carbonyl (C=O) groups excluding carboxylic acids is 1. The molecule has 1 N–H and O–H groups in total. The third-order valence-electron chi connectivity index (χ3n) is 2.19. The van der Waals surface area contributed by atoms with Gasteiger partial charge in [-0.15, -0.1) is 11.6 Å². The van der Waals surface area contributed by atoms with Crippen LogP contribution in [0.3, 0.4) is 0 Å². The van der Waals surface area contributed by atoms with Gasteiger partial charge in [-0.2, -0.15) is 0 Å². The third-order valence-corrected chi connectivity index (χ3v) is 2.43. The van der Waals surface area contributed by atoms with Crippen molar-refractivity contribution >= 4 is 23.4 Å². The second kappa shape index (κ2) is 5.19. The number of Topliss-reactive ketones (excluding diaryl/α,β-unsaturated/α-hetero) is 1. The summed E-state index contributed by atoms with van der Waals surface area (Å²) in [6.07, 6.45) is 0. The monoisotopic (exact) mass is 256 g/mol. The van der Waals surface area contributed by atoms with Gasteiger partial charge in [0.25, 0.3) is 0 Å². The summed E-state index contributed by atoms with van der Waals surface area (Å²) in [5.74, 6) is -0.932. The van der Waals surface area contributed by atoms with Crippen molar-refractivity contribution in [2.45, 2.75) is 19.4 Å². The quantitative estimate of drug-likeness (QED) is 0.649. The number of carboxylic acid groups (broad SMARTS) is 1. The van der Waals surface area contributed by atoms with E-state index in [1.54, 1.807) is 24.3 Å². The van der Waals surface area contributed by atoms with Gasteiger partial charge in [0.15, 0.2) is 11.4 Å². The standard InChI is InChI=1S/C12H13ClO4/c1-12(2,11(15)16)17-9-5-3-8(4-6-9)10(14)7-13/h3-6H,7H2,1-2H3,(H,15,16). The van der Waals surface area contributed by atoms with Gasteiger partial charge < -0.3 is 9.84 Å². The van der Waals surface area contributed by atoms with E-state index in [1.165, 1.54) is 13.8 Å². The fourth-order valence-corrected chi connectivity index (χ4v) is 1.28. The number of carboxylic acids is 1. The van der Waals surface area contributed by atoms with Crippen molar-refractivity contribution in [3.8, 4) is 5.75 Å². The lowest BCUT2D eigenvalue weighted by Crippen LogP contribution is -2.37. The van der Waals surface area contributed by atoms with E-state index in [4.69, 9.17) is 21.4 Å². The van der Waals surface area contributed by atoms with Crippen LogP contribution in [0.5, 0.6) is 5.75 Å². The highest BCUT2D eigenvalue weighted by Gasteiger charge is 2.29. The molecule has 0 radical (unpaired) electrons. The highest BCUT2D eigenvalue weighted by atomic mass is 35.5. The maximum atomic E-state index is 11.3. The van der Waals surface area contributed by atoms with Gasteiger partial charge in [0.05, 0.1) is 5.88 Å². The van der Waals surface area contributed by atoms with Crippen LogP contribution in [0.15, 0.2) is 24.3 Å². The number of aliphatic carboxylic acids is 1. The Labute approximate surface area is 104 Å². The second-order valence-corrected chi connectivity index (χ2v) is 4.27. The molecule has 0 atom stereocenters. The van der Waals surface area contributed by atoms with Crippen LogP contribution in [0, 0.1) is 0 Å². The number of hydrogen-bond acceptors (Lipinski definition) is 3. The van der Waals surface area contributed by atoms with Gasteiger partial charge in [-0.1, -0.05) is 0 Å². The molecule has 0 saturated carbocycles. The molecule has 4 nitrogen and oxygen atoms in total. The average molecular weight is 257 g/mol. The molecule has 0 aliphatic rings. The predicted molar refractivity (Wildman–Crippen MR) is 63.8 cm³/mol. The Kier molecular flexibility index (Phi) is 4.12. The SMILES string of the molecule is CC(C)(Oc1ccc(C(=O)CCl)cc1)C(=O)O. The maximum absolute atomic E-state index is 11.3. The van der Waals surface area contributed by atoms with E-state index in [0.29, 0.717) is 11.3 Å².